The fourth-order valence-electron chi connectivity index (χ4n) is 6.73. The third-order valence-electron chi connectivity index (χ3n) is 9.20. The van der Waals surface area contributed by atoms with E-state index in [1.807, 2.05) is 41.1 Å². The van der Waals surface area contributed by atoms with Gasteiger partial charge in [-0.15, -0.1) is 0 Å². The summed E-state index contributed by atoms with van der Waals surface area (Å²) in [5.41, 5.74) is -0.0239. The summed E-state index contributed by atoms with van der Waals surface area (Å²) in [5.74, 6) is 2.27. The summed E-state index contributed by atoms with van der Waals surface area (Å²) in [7, 11) is -2.97. The van der Waals surface area contributed by atoms with Crippen LogP contribution in [0.15, 0.2) is 48.9 Å². The molecule has 1 amide bonds. The van der Waals surface area contributed by atoms with Gasteiger partial charge >= 0.3 is 6.18 Å². The fraction of sp³-hybridized carbons (Fsp3) is 0.484. The van der Waals surface area contributed by atoms with Crippen molar-refractivity contribution in [3.8, 4) is 11.6 Å². The highest BCUT2D eigenvalue weighted by molar-refractivity contribution is 7.91. The molecular formula is C31H34F3N7O4S. The normalized spacial score (nSPS) is 22.9. The molecule has 1 N–H and O–H groups in total. The smallest absolute Gasteiger partial charge is 0.434 e. The number of sulfone groups is 1. The van der Waals surface area contributed by atoms with Gasteiger partial charge in [0, 0.05) is 54.9 Å². The van der Waals surface area contributed by atoms with Crippen LogP contribution in [0.2, 0.25) is 0 Å². The van der Waals surface area contributed by atoms with Crippen molar-refractivity contribution in [1.82, 2.24) is 29.0 Å². The first kappa shape index (κ1) is 30.5. The molecule has 5 heterocycles. The molecule has 1 atom stereocenters. The van der Waals surface area contributed by atoms with Gasteiger partial charge in [0.25, 0.3) is 0 Å². The number of hydrogen-bond donors (Lipinski definition) is 1. The number of amides is 1. The average Bonchev–Trinajstić information content (AvgIpc) is 3.76. The summed E-state index contributed by atoms with van der Waals surface area (Å²) in [6, 6.07) is 9.61. The maximum absolute atomic E-state index is 13.3. The standard InChI is InChI=1S/C31H34F3N7O4S/c32-31(33,34)26-16-39-13-14-40(17-28(39)37-26)29(42)21-4-6-22(7-5-21)36-30-35-11-8-27(38-30)41-12-9-23-24(41)2-1-3-25(23)45-18-20-10-15-46(43,44)19-20/h1-3,8-9,11-12,16,20-22H,4-7,10,13-15,17-19H2,(H,35,36,38). The number of alkyl halides is 3. The number of imidazole rings is 1. The van der Waals surface area contributed by atoms with Gasteiger partial charge in [-0.2, -0.15) is 18.2 Å². The van der Waals surface area contributed by atoms with Crippen LogP contribution < -0.4 is 10.1 Å². The van der Waals surface area contributed by atoms with Crippen LogP contribution in [0.5, 0.6) is 5.75 Å². The van der Waals surface area contributed by atoms with E-state index in [-0.39, 0.29) is 47.7 Å². The predicted molar refractivity (Wildman–Crippen MR) is 163 cm³/mol. The number of hydrogen-bond acceptors (Lipinski definition) is 8. The number of nitrogens with zero attached hydrogens (tertiary/aromatic N) is 6. The molecule has 46 heavy (non-hydrogen) atoms. The molecule has 244 valence electrons. The number of aromatic nitrogens is 5. The van der Waals surface area contributed by atoms with Crippen LogP contribution in [0.3, 0.4) is 0 Å². The highest BCUT2D eigenvalue weighted by Crippen LogP contribution is 2.33. The van der Waals surface area contributed by atoms with Gasteiger partial charge in [-0.05, 0) is 56.4 Å². The highest BCUT2D eigenvalue weighted by atomic mass is 32.2. The Labute approximate surface area is 263 Å². The van der Waals surface area contributed by atoms with Crippen LogP contribution in [-0.2, 0) is 33.9 Å². The predicted octanol–water partition coefficient (Wildman–Crippen LogP) is 4.46. The van der Waals surface area contributed by atoms with Crippen molar-refractivity contribution in [3.05, 3.63) is 60.4 Å². The lowest BCUT2D eigenvalue weighted by atomic mass is 9.85. The van der Waals surface area contributed by atoms with Gasteiger partial charge in [0.15, 0.2) is 15.5 Å². The Morgan fingerprint density at radius 3 is 2.63 bits per heavy atom. The Bertz CT molecular complexity index is 1860. The maximum Gasteiger partial charge on any atom is 0.434 e. The van der Waals surface area contributed by atoms with Crippen LogP contribution in [-0.4, -0.2) is 74.0 Å². The molecule has 0 radical (unpaired) electrons. The summed E-state index contributed by atoms with van der Waals surface area (Å²) in [4.78, 5) is 27.8. The second-order valence-corrected chi connectivity index (χ2v) is 14.6. The Morgan fingerprint density at radius 1 is 1.04 bits per heavy atom. The van der Waals surface area contributed by atoms with Gasteiger partial charge < -0.3 is 24.1 Å². The third kappa shape index (κ3) is 6.29. The lowest BCUT2D eigenvalue weighted by Crippen LogP contribution is -2.43. The van der Waals surface area contributed by atoms with Crippen LogP contribution in [0.25, 0.3) is 16.7 Å². The number of carbonyl (C=O) groups excluding carboxylic acids is 1. The molecule has 15 heteroatoms. The number of rotatable bonds is 7. The summed E-state index contributed by atoms with van der Waals surface area (Å²) in [6.07, 6.45) is 3.53. The van der Waals surface area contributed by atoms with Gasteiger partial charge in [0.05, 0.1) is 30.2 Å². The minimum Gasteiger partial charge on any atom is -0.493 e. The van der Waals surface area contributed by atoms with Crippen molar-refractivity contribution in [2.45, 2.75) is 57.4 Å². The van der Waals surface area contributed by atoms with Gasteiger partial charge in [0.2, 0.25) is 11.9 Å². The Balaban J connectivity index is 0.958. The van der Waals surface area contributed by atoms with Gasteiger partial charge in [0.1, 0.15) is 17.4 Å². The molecule has 4 aromatic rings. The SMILES string of the molecule is O=C(C1CCC(Nc2nccc(-n3ccc4c(OCC5CCS(=O)(=O)C5)cccc43)n2)CC1)N1CCn2cc(C(F)(F)F)nc2C1. The summed E-state index contributed by atoms with van der Waals surface area (Å²) in [5, 5.41) is 4.32. The molecule has 1 saturated heterocycles. The summed E-state index contributed by atoms with van der Waals surface area (Å²) >= 11 is 0. The van der Waals surface area contributed by atoms with E-state index in [1.54, 1.807) is 11.1 Å². The van der Waals surface area contributed by atoms with E-state index in [2.05, 4.69) is 15.3 Å². The van der Waals surface area contributed by atoms with Crippen LogP contribution >= 0.6 is 0 Å². The number of nitrogens with one attached hydrogen (secondary N) is 1. The van der Waals surface area contributed by atoms with Crippen molar-refractivity contribution in [2.24, 2.45) is 11.8 Å². The zero-order chi connectivity index (χ0) is 32.1. The molecule has 2 fully saturated rings. The van der Waals surface area contributed by atoms with Crippen molar-refractivity contribution in [3.63, 3.8) is 0 Å². The summed E-state index contributed by atoms with van der Waals surface area (Å²) < 4.78 is 72.4. The minimum atomic E-state index is -4.51. The molecule has 11 nitrogen and oxygen atoms in total. The monoisotopic (exact) mass is 657 g/mol. The van der Waals surface area contributed by atoms with Gasteiger partial charge in [-0.3, -0.25) is 4.79 Å². The molecule has 3 aromatic heterocycles. The van der Waals surface area contributed by atoms with E-state index in [9.17, 15) is 26.4 Å². The first-order chi connectivity index (χ1) is 22.0. The Kier molecular flexibility index (Phi) is 7.89. The van der Waals surface area contributed by atoms with E-state index in [0.717, 1.165) is 29.9 Å². The quantitative estimate of drug-likeness (QED) is 0.309. The topological polar surface area (TPSA) is 124 Å². The highest BCUT2D eigenvalue weighted by Gasteiger charge is 2.37. The zero-order valence-electron chi connectivity index (χ0n) is 25.0. The molecule has 1 unspecified atom stereocenters. The van der Waals surface area contributed by atoms with Crippen molar-refractivity contribution in [1.29, 1.82) is 0 Å². The lowest BCUT2D eigenvalue weighted by molar-refractivity contribution is -0.141. The van der Waals surface area contributed by atoms with Crippen molar-refractivity contribution in [2.75, 3.05) is 30.0 Å². The Morgan fingerprint density at radius 2 is 1.87 bits per heavy atom. The molecule has 1 aromatic carbocycles. The largest absolute Gasteiger partial charge is 0.493 e. The van der Waals surface area contributed by atoms with E-state index in [0.29, 0.717) is 56.5 Å². The molecule has 3 aliphatic rings. The van der Waals surface area contributed by atoms with Gasteiger partial charge in [-0.1, -0.05) is 6.07 Å². The number of ether oxygens (including phenoxy) is 1. The second-order valence-electron chi connectivity index (χ2n) is 12.4. The molecule has 0 bridgehead atoms. The lowest BCUT2D eigenvalue weighted by Gasteiger charge is -2.34. The number of benzene rings is 1. The second kappa shape index (κ2) is 11.9. The van der Waals surface area contributed by atoms with Crippen molar-refractivity contribution < 1.29 is 31.1 Å². The van der Waals surface area contributed by atoms with Crippen molar-refractivity contribution >= 4 is 32.6 Å². The first-order valence-electron chi connectivity index (χ1n) is 15.5. The molecule has 1 aliphatic carbocycles. The third-order valence-corrected chi connectivity index (χ3v) is 11.0. The number of halogens is 3. The number of fused-ring (bicyclic) bond motifs is 2. The summed E-state index contributed by atoms with van der Waals surface area (Å²) in [6.45, 7) is 1.10. The maximum atomic E-state index is 13.3. The number of carbonyl (C=O) groups is 1. The molecule has 2 aliphatic heterocycles. The van der Waals surface area contributed by atoms with Crippen LogP contribution in [0.4, 0.5) is 19.1 Å². The fourth-order valence-corrected chi connectivity index (χ4v) is 8.57. The average molecular weight is 658 g/mol. The van der Waals surface area contributed by atoms with Crippen LogP contribution in [0.1, 0.15) is 43.6 Å². The van der Waals surface area contributed by atoms with E-state index < -0.39 is 21.7 Å². The van der Waals surface area contributed by atoms with Gasteiger partial charge in [-0.25, -0.2) is 18.4 Å². The molecular weight excluding hydrogens is 623 g/mol. The van der Waals surface area contributed by atoms with Crippen LogP contribution in [0, 0.1) is 11.8 Å². The van der Waals surface area contributed by atoms with E-state index in [1.165, 1.54) is 4.57 Å². The van der Waals surface area contributed by atoms with E-state index >= 15 is 0 Å². The number of anilines is 1. The minimum absolute atomic E-state index is 0.00338. The Hall–Kier alpha value is -4.14. The molecule has 1 saturated carbocycles. The zero-order valence-corrected chi connectivity index (χ0v) is 25.8. The van der Waals surface area contributed by atoms with E-state index in [4.69, 9.17) is 9.72 Å². The molecule has 0 spiro atoms. The molecule has 7 rings (SSSR count). The first-order valence-corrected chi connectivity index (χ1v) is 17.3.